The summed E-state index contributed by atoms with van der Waals surface area (Å²) in [4.78, 5) is 0. The molecule has 0 aliphatic carbocycles. The lowest BCUT2D eigenvalue weighted by Crippen LogP contribution is -1.97. The number of nitrogens with zero attached hydrogens (tertiary/aromatic N) is 3. The molecule has 0 saturated heterocycles. The molecule has 0 saturated carbocycles. The Bertz CT molecular complexity index is 3070. The van der Waals surface area contributed by atoms with Crippen molar-refractivity contribution in [1.29, 1.82) is 0 Å². The van der Waals surface area contributed by atoms with Crippen LogP contribution >= 0.6 is 0 Å². The van der Waals surface area contributed by atoms with Gasteiger partial charge >= 0.3 is 0 Å². The lowest BCUT2D eigenvalue weighted by molar-refractivity contribution is 1.14. The molecule has 0 radical (unpaired) electrons. The van der Waals surface area contributed by atoms with Crippen molar-refractivity contribution < 1.29 is 0 Å². The summed E-state index contributed by atoms with van der Waals surface area (Å²) in [6.07, 6.45) is 0. The molecule has 0 fully saturated rings. The highest BCUT2D eigenvalue weighted by atomic mass is 15.0. The number of benzene rings is 8. The molecule has 51 heavy (non-hydrogen) atoms. The first-order valence-corrected chi connectivity index (χ1v) is 17.5. The van der Waals surface area contributed by atoms with Crippen LogP contribution in [0.1, 0.15) is 0 Å². The van der Waals surface area contributed by atoms with E-state index >= 15 is 0 Å². The van der Waals surface area contributed by atoms with Crippen molar-refractivity contribution in [2.45, 2.75) is 0 Å². The lowest BCUT2D eigenvalue weighted by atomic mass is 10.0. The van der Waals surface area contributed by atoms with E-state index in [1.807, 2.05) is 0 Å². The normalized spacial score (nSPS) is 11.9. The van der Waals surface area contributed by atoms with Gasteiger partial charge in [0.15, 0.2) is 0 Å². The largest absolute Gasteiger partial charge is 0.309 e. The van der Waals surface area contributed by atoms with Gasteiger partial charge in [0, 0.05) is 49.4 Å². The number of para-hydroxylation sites is 4. The minimum atomic E-state index is 1.14. The number of rotatable bonds is 4. The van der Waals surface area contributed by atoms with E-state index in [-0.39, 0.29) is 0 Å². The van der Waals surface area contributed by atoms with Crippen molar-refractivity contribution in [3.63, 3.8) is 0 Å². The highest BCUT2D eigenvalue weighted by molar-refractivity contribution is 6.29. The molecule has 11 aromatic rings. The smallest absolute Gasteiger partial charge is 0.0548 e. The molecule has 3 aromatic heterocycles. The molecular formula is C48H31N3. The van der Waals surface area contributed by atoms with Gasteiger partial charge in [-0.15, -0.1) is 0 Å². The van der Waals surface area contributed by atoms with E-state index < -0.39 is 0 Å². The van der Waals surface area contributed by atoms with Crippen LogP contribution in [0.25, 0.3) is 93.6 Å². The second-order valence-corrected chi connectivity index (χ2v) is 13.4. The summed E-state index contributed by atoms with van der Waals surface area (Å²) in [6.45, 7) is 0. The zero-order valence-electron chi connectivity index (χ0n) is 27.7. The maximum atomic E-state index is 2.43. The van der Waals surface area contributed by atoms with Gasteiger partial charge in [0.2, 0.25) is 0 Å². The van der Waals surface area contributed by atoms with Gasteiger partial charge in [-0.1, -0.05) is 115 Å². The summed E-state index contributed by atoms with van der Waals surface area (Å²) >= 11 is 0. The topological polar surface area (TPSA) is 14.8 Å². The van der Waals surface area contributed by atoms with Gasteiger partial charge in [-0.05, 0) is 83.9 Å². The van der Waals surface area contributed by atoms with Crippen LogP contribution < -0.4 is 0 Å². The Labute approximate surface area is 294 Å². The standard InChI is InChI=1S/C48H31N3/c1-2-13-32(14-3-1)33-15-12-16-36(31-33)51-44-24-11-7-20-40(44)48-46(51)30-29-45-47(48)39-19-6-10-23-43(39)50(45)35-27-25-34(26-28-35)49-41-21-8-4-17-37(41)38-18-5-9-22-42(38)49/h1-31H. The Balaban J connectivity index is 1.14. The number of fused-ring (bicyclic) bond motifs is 10. The first kappa shape index (κ1) is 28.0. The fourth-order valence-corrected chi connectivity index (χ4v) is 8.48. The zero-order chi connectivity index (χ0) is 33.5. The van der Waals surface area contributed by atoms with E-state index in [0.717, 1.165) is 17.1 Å². The van der Waals surface area contributed by atoms with Gasteiger partial charge in [-0.25, -0.2) is 0 Å². The van der Waals surface area contributed by atoms with Crippen molar-refractivity contribution >= 4 is 65.4 Å². The monoisotopic (exact) mass is 649 g/mol. The Morgan fingerprint density at radius 2 is 0.627 bits per heavy atom. The molecule has 11 rings (SSSR count). The quantitative estimate of drug-likeness (QED) is 0.180. The molecule has 0 amide bonds. The SMILES string of the molecule is c1ccc(-c2cccc(-n3c4ccccc4c4c5c6ccccc6n(-c6ccc(-n7c8ccccc8c8ccccc87)cc6)c5ccc43)c2)cc1. The molecule has 0 atom stereocenters. The Kier molecular flexibility index (Phi) is 5.96. The summed E-state index contributed by atoms with van der Waals surface area (Å²) in [6, 6.07) is 68.3. The molecule has 0 aliphatic heterocycles. The van der Waals surface area contributed by atoms with Gasteiger partial charge < -0.3 is 13.7 Å². The molecule has 0 spiro atoms. The van der Waals surface area contributed by atoms with Gasteiger partial charge in [-0.2, -0.15) is 0 Å². The molecule has 8 aromatic carbocycles. The fourth-order valence-electron chi connectivity index (χ4n) is 8.48. The molecule has 0 unspecified atom stereocenters. The van der Waals surface area contributed by atoms with Crippen molar-refractivity contribution in [1.82, 2.24) is 13.7 Å². The highest BCUT2D eigenvalue weighted by Crippen LogP contribution is 2.43. The van der Waals surface area contributed by atoms with Crippen LogP contribution in [-0.2, 0) is 0 Å². The third kappa shape index (κ3) is 4.06. The molecular weight excluding hydrogens is 619 g/mol. The van der Waals surface area contributed by atoms with Gasteiger partial charge in [0.25, 0.3) is 0 Å². The minimum Gasteiger partial charge on any atom is -0.309 e. The van der Waals surface area contributed by atoms with E-state index in [0.29, 0.717) is 0 Å². The van der Waals surface area contributed by atoms with E-state index in [9.17, 15) is 0 Å². The van der Waals surface area contributed by atoms with E-state index in [1.165, 1.54) is 76.5 Å². The third-order valence-electron chi connectivity index (χ3n) is 10.6. The first-order valence-electron chi connectivity index (χ1n) is 17.5. The summed E-state index contributed by atoms with van der Waals surface area (Å²) in [5, 5.41) is 7.62. The minimum absolute atomic E-state index is 1.14. The summed E-state index contributed by atoms with van der Waals surface area (Å²) < 4.78 is 7.25. The van der Waals surface area contributed by atoms with E-state index in [4.69, 9.17) is 0 Å². The van der Waals surface area contributed by atoms with E-state index in [1.54, 1.807) is 0 Å². The van der Waals surface area contributed by atoms with Crippen LogP contribution in [-0.4, -0.2) is 13.7 Å². The maximum absolute atomic E-state index is 2.43. The summed E-state index contributed by atoms with van der Waals surface area (Å²) in [5.74, 6) is 0. The van der Waals surface area contributed by atoms with Crippen LogP contribution in [0.5, 0.6) is 0 Å². The highest BCUT2D eigenvalue weighted by Gasteiger charge is 2.21. The second-order valence-electron chi connectivity index (χ2n) is 13.4. The third-order valence-corrected chi connectivity index (χ3v) is 10.6. The van der Waals surface area contributed by atoms with Gasteiger partial charge in [0.1, 0.15) is 0 Å². The molecule has 0 aliphatic rings. The number of hydrogen-bond donors (Lipinski definition) is 0. The first-order chi connectivity index (χ1) is 25.3. The predicted octanol–water partition coefficient (Wildman–Crippen LogP) is 12.6. The number of aromatic nitrogens is 3. The fraction of sp³-hybridized carbons (Fsp3) is 0. The summed E-state index contributed by atoms with van der Waals surface area (Å²) in [7, 11) is 0. The summed E-state index contributed by atoms with van der Waals surface area (Å²) in [5.41, 5.74) is 13.1. The average Bonchev–Trinajstić information content (AvgIpc) is 3.84. The van der Waals surface area contributed by atoms with Crippen molar-refractivity contribution in [2.75, 3.05) is 0 Å². The molecule has 0 N–H and O–H groups in total. The lowest BCUT2D eigenvalue weighted by Gasteiger charge is -2.12. The predicted molar refractivity (Wildman–Crippen MR) is 215 cm³/mol. The Hall–Kier alpha value is -6.84. The van der Waals surface area contributed by atoms with Crippen molar-refractivity contribution in [3.8, 4) is 28.2 Å². The molecule has 3 heteroatoms. The van der Waals surface area contributed by atoms with Crippen molar-refractivity contribution in [3.05, 3.63) is 188 Å². The van der Waals surface area contributed by atoms with E-state index in [2.05, 4.69) is 202 Å². The van der Waals surface area contributed by atoms with Crippen LogP contribution in [0.4, 0.5) is 0 Å². The Morgan fingerprint density at radius 1 is 0.235 bits per heavy atom. The van der Waals surface area contributed by atoms with Gasteiger partial charge in [0.05, 0.1) is 33.1 Å². The average molecular weight is 650 g/mol. The van der Waals surface area contributed by atoms with Gasteiger partial charge in [-0.3, -0.25) is 0 Å². The molecule has 3 heterocycles. The molecule has 238 valence electrons. The van der Waals surface area contributed by atoms with Crippen molar-refractivity contribution in [2.24, 2.45) is 0 Å². The Morgan fingerprint density at radius 3 is 1.16 bits per heavy atom. The zero-order valence-corrected chi connectivity index (χ0v) is 27.7. The van der Waals surface area contributed by atoms with Crippen LogP contribution in [0.15, 0.2) is 188 Å². The second kappa shape index (κ2) is 10.8. The van der Waals surface area contributed by atoms with Crippen LogP contribution in [0, 0.1) is 0 Å². The maximum Gasteiger partial charge on any atom is 0.0548 e. The van der Waals surface area contributed by atoms with Crippen LogP contribution in [0.2, 0.25) is 0 Å². The van der Waals surface area contributed by atoms with Crippen LogP contribution in [0.3, 0.4) is 0 Å². The molecule has 0 bridgehead atoms. The molecule has 3 nitrogen and oxygen atoms in total. The number of hydrogen-bond acceptors (Lipinski definition) is 0.